The fourth-order valence-electron chi connectivity index (χ4n) is 1.94. The van der Waals surface area contributed by atoms with E-state index in [2.05, 4.69) is 15.5 Å². The minimum atomic E-state index is -0.325. The van der Waals surface area contributed by atoms with E-state index < -0.39 is 0 Å². The first-order chi connectivity index (χ1) is 10.6. The third kappa shape index (κ3) is 2.93. The number of amides is 1. The summed E-state index contributed by atoms with van der Waals surface area (Å²) >= 11 is 6.97. The Morgan fingerprint density at radius 2 is 2.18 bits per heavy atom. The molecule has 3 aromatic rings. The van der Waals surface area contributed by atoms with Crippen molar-refractivity contribution in [2.75, 3.05) is 0 Å². The number of nitrogens with zero attached hydrogens (tertiary/aromatic N) is 2. The molecular formula is C15H10ClN3O2S. The first-order valence-electron chi connectivity index (χ1n) is 6.30. The Morgan fingerprint density at radius 1 is 1.32 bits per heavy atom. The smallest absolute Gasteiger partial charge is 0.281 e. The van der Waals surface area contributed by atoms with E-state index in [0.717, 1.165) is 10.9 Å². The lowest BCUT2D eigenvalue weighted by atomic mass is 10.1. The molecule has 7 heteroatoms. The lowest BCUT2D eigenvalue weighted by Crippen LogP contribution is -2.16. The van der Waals surface area contributed by atoms with Crippen molar-refractivity contribution in [1.82, 2.24) is 10.4 Å². The third-order valence-electron chi connectivity index (χ3n) is 2.95. The molecule has 0 aliphatic heterocycles. The fraction of sp³-hybridized carbons (Fsp3) is 0. The number of hydrogen-bond acceptors (Lipinski definition) is 5. The van der Waals surface area contributed by atoms with Gasteiger partial charge in [0.1, 0.15) is 11.3 Å². The Labute approximate surface area is 134 Å². The van der Waals surface area contributed by atoms with Gasteiger partial charge in [0, 0.05) is 17.1 Å². The second kappa shape index (κ2) is 6.13. The average molecular weight is 332 g/mol. The fourth-order valence-corrected chi connectivity index (χ4v) is 2.88. The molecule has 22 heavy (non-hydrogen) atoms. The molecule has 0 radical (unpaired) electrons. The van der Waals surface area contributed by atoms with Crippen molar-refractivity contribution in [2.24, 2.45) is 5.10 Å². The third-order valence-corrected chi connectivity index (χ3v) is 4.18. The molecule has 0 saturated heterocycles. The molecule has 1 aromatic carbocycles. The number of carbonyl (C=O) groups excluding carboxylic acids is 1. The lowest BCUT2D eigenvalue weighted by molar-refractivity contribution is 0.0959. The summed E-state index contributed by atoms with van der Waals surface area (Å²) in [7, 11) is 0. The van der Waals surface area contributed by atoms with Crippen molar-refractivity contribution in [3.05, 3.63) is 57.4 Å². The summed E-state index contributed by atoms with van der Waals surface area (Å²) in [6.07, 6.45) is 3.11. The summed E-state index contributed by atoms with van der Waals surface area (Å²) in [4.78, 5) is 16.4. The zero-order valence-corrected chi connectivity index (χ0v) is 12.7. The number of fused-ring (bicyclic) bond motifs is 1. The Kier molecular flexibility index (Phi) is 4.04. The van der Waals surface area contributed by atoms with E-state index >= 15 is 0 Å². The van der Waals surface area contributed by atoms with Crippen LogP contribution in [0.5, 0.6) is 5.75 Å². The van der Waals surface area contributed by atoms with Crippen LogP contribution in [0.2, 0.25) is 4.34 Å². The normalized spacial score (nSPS) is 11.1. The number of halogens is 1. The molecule has 0 spiro atoms. The van der Waals surface area contributed by atoms with Crippen molar-refractivity contribution < 1.29 is 9.90 Å². The molecule has 5 nitrogen and oxygen atoms in total. The number of carbonyl (C=O) groups is 1. The van der Waals surface area contributed by atoms with Gasteiger partial charge >= 0.3 is 0 Å². The summed E-state index contributed by atoms with van der Waals surface area (Å²) in [6.45, 7) is 0. The van der Waals surface area contributed by atoms with Gasteiger partial charge < -0.3 is 5.11 Å². The van der Waals surface area contributed by atoms with Gasteiger partial charge in [-0.2, -0.15) is 5.10 Å². The van der Waals surface area contributed by atoms with Crippen LogP contribution in [0.4, 0.5) is 0 Å². The summed E-state index contributed by atoms with van der Waals surface area (Å²) in [5.41, 5.74) is 3.67. The molecule has 110 valence electrons. The summed E-state index contributed by atoms with van der Waals surface area (Å²) in [6, 6.07) is 10.1. The zero-order chi connectivity index (χ0) is 15.5. The van der Waals surface area contributed by atoms with Gasteiger partial charge in [0.25, 0.3) is 5.91 Å². The molecule has 2 heterocycles. The molecule has 1 amide bonds. The maximum atomic E-state index is 11.8. The van der Waals surface area contributed by atoms with Gasteiger partial charge in [-0.05, 0) is 30.3 Å². The maximum Gasteiger partial charge on any atom is 0.281 e. The predicted molar refractivity (Wildman–Crippen MR) is 87.8 cm³/mol. The number of phenols is 1. The molecule has 0 unspecified atom stereocenters. The quantitative estimate of drug-likeness (QED) is 0.570. The second-order valence-electron chi connectivity index (χ2n) is 4.38. The molecule has 3 rings (SSSR count). The van der Waals surface area contributed by atoms with Crippen LogP contribution >= 0.6 is 22.9 Å². The second-order valence-corrected chi connectivity index (χ2v) is 6.09. The number of hydrogen-bond donors (Lipinski definition) is 2. The van der Waals surface area contributed by atoms with E-state index in [1.807, 2.05) is 6.07 Å². The Morgan fingerprint density at radius 3 is 2.95 bits per heavy atom. The van der Waals surface area contributed by atoms with Gasteiger partial charge in [-0.15, -0.1) is 11.3 Å². The molecule has 0 atom stereocenters. The van der Waals surface area contributed by atoms with Crippen LogP contribution in [0.3, 0.4) is 0 Å². The highest BCUT2D eigenvalue weighted by molar-refractivity contribution is 7.17. The number of benzene rings is 1. The maximum absolute atomic E-state index is 11.8. The molecule has 0 aliphatic carbocycles. The van der Waals surface area contributed by atoms with Crippen LogP contribution < -0.4 is 5.43 Å². The van der Waals surface area contributed by atoms with Crippen LogP contribution in [-0.2, 0) is 0 Å². The largest absolute Gasteiger partial charge is 0.506 e. The van der Waals surface area contributed by atoms with Gasteiger partial charge in [0.05, 0.1) is 15.4 Å². The highest BCUT2D eigenvalue weighted by atomic mass is 35.5. The minimum absolute atomic E-state index is 0.102. The van der Waals surface area contributed by atoms with Gasteiger partial charge in [0.2, 0.25) is 0 Å². The van der Waals surface area contributed by atoms with E-state index in [0.29, 0.717) is 14.7 Å². The monoisotopic (exact) mass is 331 g/mol. The number of nitrogens with one attached hydrogen (secondary N) is 1. The molecule has 2 N–H and O–H groups in total. The topological polar surface area (TPSA) is 74.6 Å². The van der Waals surface area contributed by atoms with E-state index in [1.54, 1.807) is 30.5 Å². The van der Waals surface area contributed by atoms with Crippen LogP contribution in [0.25, 0.3) is 10.9 Å². The number of aromatic nitrogens is 1. The summed E-state index contributed by atoms with van der Waals surface area (Å²) in [5, 5.41) is 14.5. The van der Waals surface area contributed by atoms with Crippen LogP contribution in [0, 0.1) is 0 Å². The number of phenolic OH excluding ortho intramolecular Hbond substituents is 1. The van der Waals surface area contributed by atoms with Crippen molar-refractivity contribution in [3.8, 4) is 5.75 Å². The summed E-state index contributed by atoms with van der Waals surface area (Å²) < 4.78 is 0.546. The summed E-state index contributed by atoms with van der Waals surface area (Å²) in [5.74, 6) is -0.223. The minimum Gasteiger partial charge on any atom is -0.506 e. The Bertz CT molecular complexity index is 876. The number of hydrazone groups is 1. The predicted octanol–water partition coefficient (Wildman–Crippen LogP) is 3.42. The highest BCUT2D eigenvalue weighted by Crippen LogP contribution is 2.24. The van der Waals surface area contributed by atoms with Gasteiger partial charge in [-0.25, -0.2) is 5.43 Å². The van der Waals surface area contributed by atoms with Crippen molar-refractivity contribution in [3.63, 3.8) is 0 Å². The van der Waals surface area contributed by atoms with Crippen molar-refractivity contribution in [1.29, 1.82) is 0 Å². The standard InChI is InChI=1S/C15H10ClN3O2S/c16-13-6-5-12(22-13)15(21)19-18-8-9-3-4-11(20)14-10(9)2-1-7-17-14/h1-8,20H,(H,19,21)/b18-8+. The number of thiophene rings is 1. The Balaban J connectivity index is 1.81. The Hall–Kier alpha value is -2.44. The van der Waals surface area contributed by atoms with Crippen LogP contribution in [0.1, 0.15) is 15.2 Å². The van der Waals surface area contributed by atoms with Gasteiger partial charge in [-0.1, -0.05) is 17.7 Å². The highest BCUT2D eigenvalue weighted by Gasteiger charge is 2.07. The SMILES string of the molecule is O=C(N/N=C/c1ccc(O)c2ncccc12)c1ccc(Cl)s1. The molecule has 0 aliphatic rings. The van der Waals surface area contributed by atoms with Crippen molar-refractivity contribution >= 4 is 46.0 Å². The number of rotatable bonds is 3. The van der Waals surface area contributed by atoms with E-state index in [1.165, 1.54) is 23.6 Å². The molecule has 0 fully saturated rings. The first-order valence-corrected chi connectivity index (χ1v) is 7.50. The van der Waals surface area contributed by atoms with E-state index in [9.17, 15) is 9.90 Å². The average Bonchev–Trinajstić information content (AvgIpc) is 2.96. The zero-order valence-electron chi connectivity index (χ0n) is 11.2. The molecule has 0 bridgehead atoms. The molecule has 0 saturated carbocycles. The molecular weight excluding hydrogens is 322 g/mol. The van der Waals surface area contributed by atoms with Crippen LogP contribution in [-0.4, -0.2) is 22.2 Å². The first kappa shape index (κ1) is 14.5. The lowest BCUT2D eigenvalue weighted by Gasteiger charge is -2.03. The number of aromatic hydroxyl groups is 1. The molecule has 2 aromatic heterocycles. The van der Waals surface area contributed by atoms with Crippen molar-refractivity contribution in [2.45, 2.75) is 0 Å². The number of pyridine rings is 1. The van der Waals surface area contributed by atoms with E-state index in [-0.39, 0.29) is 11.7 Å². The van der Waals surface area contributed by atoms with Gasteiger partial charge in [0.15, 0.2) is 0 Å². The van der Waals surface area contributed by atoms with E-state index in [4.69, 9.17) is 11.6 Å². The van der Waals surface area contributed by atoms with Crippen LogP contribution in [0.15, 0.2) is 47.7 Å². The van der Waals surface area contributed by atoms with Gasteiger partial charge in [-0.3, -0.25) is 9.78 Å².